The molecule has 1 aliphatic heterocycles. The van der Waals surface area contributed by atoms with E-state index < -0.39 is 0 Å². The summed E-state index contributed by atoms with van der Waals surface area (Å²) in [6, 6.07) is 0.274. The van der Waals surface area contributed by atoms with Crippen LogP contribution in [0, 0.1) is 0 Å². The highest BCUT2D eigenvalue weighted by Crippen LogP contribution is 2.10. The Labute approximate surface area is 111 Å². The molecule has 0 saturated carbocycles. The molecule has 2 N–H and O–H groups in total. The molecule has 1 aliphatic rings. The van der Waals surface area contributed by atoms with Gasteiger partial charge in [0.25, 0.3) is 0 Å². The van der Waals surface area contributed by atoms with Crippen molar-refractivity contribution in [2.24, 2.45) is 5.73 Å². The molecule has 0 aromatic heterocycles. The van der Waals surface area contributed by atoms with Crippen LogP contribution in [0.1, 0.15) is 32.6 Å². The van der Waals surface area contributed by atoms with Gasteiger partial charge in [-0.2, -0.15) is 0 Å². The largest absolute Gasteiger partial charge is 0.342 e. The number of hydrogen-bond acceptors (Lipinski definition) is 3. The van der Waals surface area contributed by atoms with Crippen molar-refractivity contribution in [2.75, 3.05) is 33.2 Å². The van der Waals surface area contributed by atoms with Gasteiger partial charge in [0, 0.05) is 25.7 Å². The molecule has 1 amide bonds. The van der Waals surface area contributed by atoms with Gasteiger partial charge in [0.05, 0.1) is 6.54 Å². The van der Waals surface area contributed by atoms with Crippen molar-refractivity contribution >= 4 is 18.3 Å². The third-order valence-corrected chi connectivity index (χ3v) is 3.44. The average Bonchev–Trinajstić information content (AvgIpc) is 2.56. The van der Waals surface area contributed by atoms with E-state index in [1.54, 1.807) is 0 Å². The van der Waals surface area contributed by atoms with Crippen LogP contribution in [0.2, 0.25) is 0 Å². The summed E-state index contributed by atoms with van der Waals surface area (Å²) >= 11 is 0. The van der Waals surface area contributed by atoms with E-state index in [1.807, 2.05) is 16.8 Å². The maximum absolute atomic E-state index is 12.0. The van der Waals surface area contributed by atoms with E-state index in [2.05, 4.69) is 6.92 Å². The minimum Gasteiger partial charge on any atom is -0.342 e. The molecule has 102 valence electrons. The second-order valence-electron chi connectivity index (χ2n) is 4.79. The number of nitrogens with two attached hydrogens (primary N) is 1. The smallest absolute Gasteiger partial charge is 0.236 e. The van der Waals surface area contributed by atoms with Gasteiger partial charge >= 0.3 is 0 Å². The SMILES string of the molecule is CC(CN)N(C)CC(=O)N1CCCCCC1.Cl. The lowest BCUT2D eigenvalue weighted by Crippen LogP contribution is -2.44. The van der Waals surface area contributed by atoms with Gasteiger partial charge in [-0.1, -0.05) is 12.8 Å². The molecule has 1 unspecified atom stereocenters. The van der Waals surface area contributed by atoms with E-state index in [4.69, 9.17) is 5.73 Å². The Hall–Kier alpha value is -0.320. The van der Waals surface area contributed by atoms with E-state index in [-0.39, 0.29) is 24.4 Å². The lowest BCUT2D eigenvalue weighted by Gasteiger charge is -2.27. The number of amides is 1. The van der Waals surface area contributed by atoms with Gasteiger partial charge in [-0.05, 0) is 26.8 Å². The summed E-state index contributed by atoms with van der Waals surface area (Å²) in [7, 11) is 1.97. The number of hydrogen-bond donors (Lipinski definition) is 1. The van der Waals surface area contributed by atoms with E-state index in [1.165, 1.54) is 12.8 Å². The molecule has 0 aromatic rings. The monoisotopic (exact) mass is 263 g/mol. The van der Waals surface area contributed by atoms with Crippen molar-refractivity contribution in [3.8, 4) is 0 Å². The molecule has 1 fully saturated rings. The first-order valence-corrected chi connectivity index (χ1v) is 6.33. The van der Waals surface area contributed by atoms with E-state index in [0.29, 0.717) is 13.1 Å². The molecule has 17 heavy (non-hydrogen) atoms. The summed E-state index contributed by atoms with van der Waals surface area (Å²) in [5.41, 5.74) is 5.59. The molecule has 4 nitrogen and oxygen atoms in total. The van der Waals surface area contributed by atoms with Gasteiger partial charge in [-0.3, -0.25) is 9.69 Å². The van der Waals surface area contributed by atoms with Gasteiger partial charge < -0.3 is 10.6 Å². The summed E-state index contributed by atoms with van der Waals surface area (Å²) < 4.78 is 0. The molecule has 1 rings (SSSR count). The highest BCUT2D eigenvalue weighted by atomic mass is 35.5. The van der Waals surface area contributed by atoms with Crippen molar-refractivity contribution in [1.29, 1.82) is 0 Å². The first kappa shape index (κ1) is 16.7. The lowest BCUT2D eigenvalue weighted by molar-refractivity contribution is -0.132. The van der Waals surface area contributed by atoms with Crippen LogP contribution in [0.25, 0.3) is 0 Å². The first-order valence-electron chi connectivity index (χ1n) is 6.33. The number of carbonyl (C=O) groups excluding carboxylic acids is 1. The molecule has 0 aliphatic carbocycles. The summed E-state index contributed by atoms with van der Waals surface area (Å²) in [6.45, 7) is 5.02. The molecule has 1 atom stereocenters. The first-order chi connectivity index (χ1) is 7.65. The third kappa shape index (κ3) is 5.70. The summed E-state index contributed by atoms with van der Waals surface area (Å²) in [6.07, 6.45) is 4.83. The second kappa shape index (κ2) is 8.72. The fraction of sp³-hybridized carbons (Fsp3) is 0.917. The number of nitrogens with zero attached hydrogens (tertiary/aromatic N) is 2. The predicted octanol–water partition coefficient (Wildman–Crippen LogP) is 1.09. The summed E-state index contributed by atoms with van der Waals surface area (Å²) in [4.78, 5) is 16.1. The Kier molecular flexibility index (Phi) is 8.56. The minimum atomic E-state index is 0. The highest BCUT2D eigenvalue weighted by Gasteiger charge is 2.18. The molecular formula is C12H26ClN3O. The quantitative estimate of drug-likeness (QED) is 0.826. The average molecular weight is 264 g/mol. The number of likely N-dealkylation sites (N-methyl/N-ethyl adjacent to an activating group) is 1. The van der Waals surface area contributed by atoms with Gasteiger partial charge in [-0.25, -0.2) is 0 Å². The number of halogens is 1. The van der Waals surface area contributed by atoms with Crippen LogP contribution >= 0.6 is 12.4 Å². The van der Waals surface area contributed by atoms with E-state index >= 15 is 0 Å². The minimum absolute atomic E-state index is 0. The summed E-state index contributed by atoms with van der Waals surface area (Å²) in [5.74, 6) is 0.254. The number of likely N-dealkylation sites (tertiary alicyclic amines) is 1. The Morgan fingerprint density at radius 1 is 1.29 bits per heavy atom. The maximum Gasteiger partial charge on any atom is 0.236 e. The molecule has 5 heteroatoms. The topological polar surface area (TPSA) is 49.6 Å². The molecular weight excluding hydrogens is 238 g/mol. The standard InChI is InChI=1S/C12H25N3O.ClH/c1-11(9-13)14(2)10-12(16)15-7-5-3-4-6-8-15;/h11H,3-10,13H2,1-2H3;1H. The van der Waals surface area contributed by atoms with Crippen LogP contribution in [-0.4, -0.2) is 55.0 Å². The van der Waals surface area contributed by atoms with Crippen molar-refractivity contribution in [1.82, 2.24) is 9.80 Å². The Morgan fingerprint density at radius 2 is 1.82 bits per heavy atom. The predicted molar refractivity (Wildman–Crippen MR) is 73.4 cm³/mol. The van der Waals surface area contributed by atoms with Gasteiger partial charge in [0.15, 0.2) is 0 Å². The van der Waals surface area contributed by atoms with Crippen LogP contribution in [-0.2, 0) is 4.79 Å². The van der Waals surface area contributed by atoms with Gasteiger partial charge in [0.2, 0.25) is 5.91 Å². The Bertz CT molecular complexity index is 218. The Morgan fingerprint density at radius 3 is 2.29 bits per heavy atom. The van der Waals surface area contributed by atoms with Gasteiger partial charge in [0.1, 0.15) is 0 Å². The van der Waals surface area contributed by atoms with E-state index in [0.717, 1.165) is 25.9 Å². The van der Waals surface area contributed by atoms with Crippen molar-refractivity contribution in [3.05, 3.63) is 0 Å². The number of rotatable bonds is 4. The van der Waals surface area contributed by atoms with Crippen molar-refractivity contribution < 1.29 is 4.79 Å². The molecule has 1 saturated heterocycles. The van der Waals surface area contributed by atoms with E-state index in [9.17, 15) is 4.79 Å². The zero-order valence-corrected chi connectivity index (χ0v) is 11.8. The zero-order chi connectivity index (χ0) is 12.0. The van der Waals surface area contributed by atoms with Crippen LogP contribution in [0.3, 0.4) is 0 Å². The second-order valence-corrected chi connectivity index (χ2v) is 4.79. The molecule has 0 radical (unpaired) electrons. The highest BCUT2D eigenvalue weighted by molar-refractivity contribution is 5.85. The van der Waals surface area contributed by atoms with Crippen molar-refractivity contribution in [3.63, 3.8) is 0 Å². The molecule has 0 aromatic carbocycles. The fourth-order valence-corrected chi connectivity index (χ4v) is 1.97. The van der Waals surface area contributed by atoms with Crippen LogP contribution in [0.4, 0.5) is 0 Å². The van der Waals surface area contributed by atoms with Gasteiger partial charge in [-0.15, -0.1) is 12.4 Å². The van der Waals surface area contributed by atoms with Crippen LogP contribution in [0.5, 0.6) is 0 Å². The number of carbonyl (C=O) groups is 1. The normalized spacial score (nSPS) is 18.5. The molecule has 0 bridgehead atoms. The Balaban J connectivity index is 0.00000256. The van der Waals surface area contributed by atoms with Crippen LogP contribution < -0.4 is 5.73 Å². The lowest BCUT2D eigenvalue weighted by atomic mass is 10.2. The zero-order valence-electron chi connectivity index (χ0n) is 11.0. The fourth-order valence-electron chi connectivity index (χ4n) is 1.97. The van der Waals surface area contributed by atoms with Crippen molar-refractivity contribution in [2.45, 2.75) is 38.6 Å². The maximum atomic E-state index is 12.0. The molecule has 0 spiro atoms. The van der Waals surface area contributed by atoms with Crippen LogP contribution in [0.15, 0.2) is 0 Å². The third-order valence-electron chi connectivity index (χ3n) is 3.44. The summed E-state index contributed by atoms with van der Waals surface area (Å²) in [5, 5.41) is 0. The molecule has 1 heterocycles.